The van der Waals surface area contributed by atoms with Crippen molar-refractivity contribution in [3.8, 4) is 57.9 Å². The molecule has 42 heavy (non-hydrogen) atoms. The molecule has 0 amide bonds. The maximum Gasteiger partial charge on any atom is 0.438 e. The van der Waals surface area contributed by atoms with Gasteiger partial charge in [-0.2, -0.15) is 0 Å². The van der Waals surface area contributed by atoms with E-state index in [0.717, 1.165) is 16.8 Å². The third kappa shape index (κ3) is 3.27. The average molecular weight is 731 g/mol. The van der Waals surface area contributed by atoms with Crippen LogP contribution in [0.15, 0.2) is 103 Å². The molecule has 7 heterocycles. The van der Waals surface area contributed by atoms with Crippen LogP contribution in [0.1, 0.15) is 16.8 Å². The van der Waals surface area contributed by atoms with Gasteiger partial charge in [-0.15, -0.1) is 0 Å². The first-order valence-corrected chi connectivity index (χ1v) is 13.2. The van der Waals surface area contributed by atoms with Crippen LogP contribution in [0.2, 0.25) is 0 Å². The summed E-state index contributed by atoms with van der Waals surface area (Å²) in [6.07, 6.45) is 2.01. The first-order valence-electron chi connectivity index (χ1n) is 13.2. The summed E-state index contributed by atoms with van der Waals surface area (Å²) >= 11 is 0. The van der Waals surface area contributed by atoms with Crippen molar-refractivity contribution in [3.63, 3.8) is 0 Å². The van der Waals surface area contributed by atoms with Crippen LogP contribution in [-0.2, 0) is 25.8 Å². The topological polar surface area (TPSA) is 84.6 Å². The predicted octanol–water partition coefficient (Wildman–Crippen LogP) is 5.39. The van der Waals surface area contributed by atoms with Crippen molar-refractivity contribution in [3.05, 3.63) is 120 Å². The molecular weight excluding hydrogens is 711 g/mol. The van der Waals surface area contributed by atoms with Crippen molar-refractivity contribution < 1.29 is 48.2 Å². The van der Waals surface area contributed by atoms with Crippen LogP contribution in [0, 0.1) is 6.92 Å². The van der Waals surface area contributed by atoms with Gasteiger partial charge in [-0.1, -0.05) is 39.1 Å². The summed E-state index contributed by atoms with van der Waals surface area (Å²) in [5.74, 6) is 4.95. The van der Waals surface area contributed by atoms with Crippen LogP contribution >= 0.6 is 0 Å². The second-order valence-corrected chi connectivity index (χ2v) is 10.0. The third-order valence-corrected chi connectivity index (χ3v) is 7.59. The van der Waals surface area contributed by atoms with E-state index in [-0.39, 0.29) is 20.1 Å². The van der Waals surface area contributed by atoms with Gasteiger partial charge in [0.15, 0.2) is 40.3 Å². The fourth-order valence-electron chi connectivity index (χ4n) is 6.05. The van der Waals surface area contributed by atoms with E-state index in [0.29, 0.717) is 57.9 Å². The Morgan fingerprint density at radius 2 is 1.40 bits per heavy atom. The molecule has 1 spiro atoms. The first kappa shape index (κ1) is 24.7. The molecule has 3 aliphatic rings. The molecule has 4 aromatic heterocycles. The molecule has 10 heteroatoms. The van der Waals surface area contributed by atoms with Gasteiger partial charge >= 0.3 is 23.3 Å². The van der Waals surface area contributed by atoms with Crippen LogP contribution in [0.5, 0.6) is 46.5 Å². The number of hydrogen-bond acceptors (Lipinski definition) is 6. The Balaban J connectivity index is 0.00000267. The van der Waals surface area contributed by atoms with Crippen molar-refractivity contribution >= 4 is 0 Å². The predicted molar refractivity (Wildman–Crippen MR) is 144 cm³/mol. The smallest absolute Gasteiger partial charge is 0.438 e. The fourth-order valence-corrected chi connectivity index (χ4v) is 6.05. The van der Waals surface area contributed by atoms with Gasteiger partial charge in [0.25, 0.3) is 0 Å². The molecule has 0 unspecified atom stereocenters. The second kappa shape index (κ2) is 8.97. The maximum atomic E-state index is 6.63. The standard InChI is InChI=1S/C32H20N5O4.Ir/c1-19-18-21(35-34-19)20-8-4-13-26(33-20)38-22-9-5-11-24-30(22)32-31-23(39-27-14-2-3-17-36(27)32)10-6-12-25(31)41-29-16-7-15-28(40-24)37(29)32;/h2-18H,1H3;/q+1;/t32-;/m1./s1. The molecule has 9 nitrogen and oxygen atoms in total. The van der Waals surface area contributed by atoms with E-state index in [2.05, 4.69) is 19.3 Å². The monoisotopic (exact) mass is 731 g/mol. The molecule has 1 atom stereocenters. The van der Waals surface area contributed by atoms with Gasteiger partial charge < -0.3 is 29.1 Å². The summed E-state index contributed by atoms with van der Waals surface area (Å²) < 4.78 is 30.2. The summed E-state index contributed by atoms with van der Waals surface area (Å²) in [7, 11) is 0. The molecule has 2 aromatic carbocycles. The number of rotatable bonds is 3. The van der Waals surface area contributed by atoms with E-state index in [1.807, 2.05) is 110 Å². The van der Waals surface area contributed by atoms with E-state index < -0.39 is 5.66 Å². The molecule has 0 N–H and O–H groups in total. The molecule has 205 valence electrons. The molecule has 0 aliphatic carbocycles. The second-order valence-electron chi connectivity index (χ2n) is 10.0. The summed E-state index contributed by atoms with van der Waals surface area (Å²) in [6.45, 7) is 1.90. The van der Waals surface area contributed by atoms with E-state index in [9.17, 15) is 0 Å². The molecule has 9 rings (SSSR count). The van der Waals surface area contributed by atoms with Crippen LogP contribution in [0.25, 0.3) is 11.4 Å². The molecule has 3 aliphatic heterocycles. The molecule has 1 radical (unpaired) electrons. The number of nitrogens with zero attached hydrogens (tertiary/aromatic N) is 5. The Bertz CT molecular complexity index is 1990. The molecule has 0 saturated carbocycles. The van der Waals surface area contributed by atoms with Crippen molar-refractivity contribution in [2.75, 3.05) is 0 Å². The normalized spacial score (nSPS) is 16.2. The Morgan fingerprint density at radius 1 is 0.738 bits per heavy atom. The zero-order valence-corrected chi connectivity index (χ0v) is 24.4. The Morgan fingerprint density at radius 3 is 2.17 bits per heavy atom. The van der Waals surface area contributed by atoms with E-state index >= 15 is 0 Å². The summed E-state index contributed by atoms with van der Waals surface area (Å²) in [6, 6.07) is 30.9. The molecule has 0 saturated heterocycles. The zero-order valence-electron chi connectivity index (χ0n) is 22.0. The summed E-state index contributed by atoms with van der Waals surface area (Å²) in [4.78, 5) is 4.77. The van der Waals surface area contributed by atoms with Crippen molar-refractivity contribution in [2.24, 2.45) is 0 Å². The van der Waals surface area contributed by atoms with Crippen molar-refractivity contribution in [1.82, 2.24) is 15.2 Å². The van der Waals surface area contributed by atoms with Crippen LogP contribution in [0.3, 0.4) is 0 Å². The number of benzene rings is 2. The molecular formula is C32H20IrN5O4+. The van der Waals surface area contributed by atoms with E-state index in [1.165, 1.54) is 0 Å². The van der Waals surface area contributed by atoms with Gasteiger partial charge in [0, 0.05) is 37.9 Å². The largest absolute Gasteiger partial charge is 0.574 e. The Hall–Kier alpha value is -5.05. The van der Waals surface area contributed by atoms with Crippen LogP contribution < -0.4 is 33.2 Å². The number of ether oxygens (including phenoxy) is 4. The van der Waals surface area contributed by atoms with Gasteiger partial charge in [0.1, 0.15) is 0 Å². The minimum Gasteiger partial charge on any atom is -0.574 e. The summed E-state index contributed by atoms with van der Waals surface area (Å²) in [5.41, 5.74) is 2.85. The van der Waals surface area contributed by atoms with Crippen LogP contribution in [0.4, 0.5) is 0 Å². The number of aryl methyl sites for hydroxylation is 1. The van der Waals surface area contributed by atoms with Crippen molar-refractivity contribution in [1.29, 1.82) is 0 Å². The minimum absolute atomic E-state index is 0. The average Bonchev–Trinajstić information content (AvgIpc) is 3.44. The van der Waals surface area contributed by atoms with Gasteiger partial charge in [0.05, 0.1) is 23.9 Å². The van der Waals surface area contributed by atoms with Crippen LogP contribution in [-0.4, -0.2) is 10.1 Å². The van der Waals surface area contributed by atoms with Gasteiger partial charge in [-0.05, 0) is 49.4 Å². The minimum atomic E-state index is -0.985. The number of hydrogen-bond donors (Lipinski definition) is 0. The zero-order chi connectivity index (χ0) is 27.1. The maximum absolute atomic E-state index is 6.63. The molecule has 0 fully saturated rings. The molecule has 0 bridgehead atoms. The number of fused-ring (bicyclic) bond motifs is 2. The SMILES string of the molecule is Cc1cc(-c2cccc(Oc3cccc4c3[C@]35c6c(cccc6Oc6cccc([n+]63)O4)Oc3cccc[n+]35)n2)[n-]n1.[Ir]. The third-order valence-electron chi connectivity index (χ3n) is 7.59. The van der Waals surface area contributed by atoms with Gasteiger partial charge in [-0.25, -0.2) is 4.98 Å². The number of pyridine rings is 3. The molecule has 6 aromatic rings. The van der Waals surface area contributed by atoms with Crippen molar-refractivity contribution in [2.45, 2.75) is 12.6 Å². The van der Waals surface area contributed by atoms with E-state index in [1.54, 1.807) is 0 Å². The summed E-state index contributed by atoms with van der Waals surface area (Å²) in [5, 5.41) is 8.36. The Kier molecular flexibility index (Phi) is 5.28. The Labute approximate surface area is 253 Å². The number of aromatic nitrogens is 5. The fraction of sp³-hybridized carbons (Fsp3) is 0.0625. The van der Waals surface area contributed by atoms with Gasteiger partial charge in [-0.3, -0.25) is 0 Å². The van der Waals surface area contributed by atoms with E-state index in [4.69, 9.17) is 23.9 Å². The quantitative estimate of drug-likeness (QED) is 0.226. The van der Waals surface area contributed by atoms with Gasteiger partial charge in [0.2, 0.25) is 5.88 Å². The first-order chi connectivity index (χ1) is 20.2.